The number of primary amides is 1. The number of nitrogens with one attached hydrogen (secondary N) is 1. The molecular weight excluding hydrogens is 176 g/mol. The lowest BCUT2D eigenvalue weighted by atomic mass is 10.5. The van der Waals surface area contributed by atoms with Crippen LogP contribution in [0.15, 0.2) is 0 Å². The van der Waals surface area contributed by atoms with Crippen LogP contribution in [0.4, 0.5) is 4.79 Å². The van der Waals surface area contributed by atoms with Gasteiger partial charge in [0.25, 0.3) is 0 Å². The van der Waals surface area contributed by atoms with Gasteiger partial charge in [0.2, 0.25) is 0 Å². The van der Waals surface area contributed by atoms with Gasteiger partial charge in [-0.3, -0.25) is 0 Å². The second-order valence-electron chi connectivity index (χ2n) is 2.33. The van der Waals surface area contributed by atoms with Crippen molar-refractivity contribution in [3.8, 4) is 0 Å². The average molecular weight is 192 g/mol. The van der Waals surface area contributed by atoms with Crippen molar-refractivity contribution in [3.63, 3.8) is 0 Å². The molecule has 6 heteroatoms. The maximum Gasteiger partial charge on any atom is 0.320 e. The number of nitrogens with two attached hydrogens (primary N) is 1. The molecule has 0 aliphatic carbocycles. The van der Waals surface area contributed by atoms with E-state index in [9.17, 15) is 4.79 Å². The van der Waals surface area contributed by atoms with Crippen LogP contribution in [0.1, 0.15) is 6.42 Å². The fourth-order valence-corrected chi connectivity index (χ4v) is 2.01. The molecule has 0 spiro atoms. The topological polar surface area (TPSA) is 73.6 Å². The third-order valence-corrected chi connectivity index (χ3v) is 3.37. The van der Waals surface area contributed by atoms with Crippen LogP contribution in [0.3, 0.4) is 0 Å². The second kappa shape index (κ2) is 7.08. The Morgan fingerprint density at radius 1 is 1.50 bits per heavy atom. The third kappa shape index (κ3) is 6.14. The van der Waals surface area contributed by atoms with Crippen molar-refractivity contribution in [2.24, 2.45) is 5.73 Å². The van der Waals surface area contributed by atoms with E-state index in [0.717, 1.165) is 12.5 Å². The second-order valence-corrected chi connectivity index (χ2v) is 4.71. The fraction of sp³-hybridized carbons (Fsp3) is 0.833. The van der Waals surface area contributed by atoms with Gasteiger partial charge in [0.1, 0.15) is 0 Å². The molecule has 3 N–H and O–H groups in total. The molecule has 0 radical (unpaired) electrons. The van der Waals surface area contributed by atoms with Crippen molar-refractivity contribution in [3.05, 3.63) is 0 Å². The average Bonchev–Trinajstić information content (AvgIpc) is 2.04. The summed E-state index contributed by atoms with van der Waals surface area (Å²) in [6, 6.07) is 0.399. The van der Waals surface area contributed by atoms with E-state index in [1.165, 1.54) is 0 Å². The zero-order valence-corrected chi connectivity index (χ0v) is 8.66. The number of rotatable bonds is 6. The van der Waals surface area contributed by atoms with Crippen molar-refractivity contribution in [2.45, 2.75) is 12.5 Å². The summed E-state index contributed by atoms with van der Waals surface area (Å²) >= 11 is 0. The maximum absolute atomic E-state index is 10.2. The first-order valence-electron chi connectivity index (χ1n) is 3.79. The standard InChI is InChI=1S/C6H16N2O3Si/c1-10-12(11-2)5-3-4-8-6(7)9/h12H,3-5H2,1-2H3,(H3,7,8,9). The summed E-state index contributed by atoms with van der Waals surface area (Å²) < 4.78 is 10.2. The van der Waals surface area contributed by atoms with Gasteiger partial charge in [0, 0.05) is 20.8 Å². The lowest BCUT2D eigenvalue weighted by molar-refractivity contribution is 0.248. The minimum atomic E-state index is -1.45. The Hall–Kier alpha value is -0.593. The predicted molar refractivity (Wildman–Crippen MR) is 48.2 cm³/mol. The zero-order chi connectivity index (χ0) is 9.40. The minimum absolute atomic E-state index is 0.483. The largest absolute Gasteiger partial charge is 0.400 e. The molecule has 0 rings (SSSR count). The van der Waals surface area contributed by atoms with Gasteiger partial charge in [-0.05, 0) is 12.5 Å². The fourth-order valence-electron chi connectivity index (χ4n) is 0.812. The van der Waals surface area contributed by atoms with Crippen molar-refractivity contribution >= 4 is 15.3 Å². The molecular formula is C6H16N2O3Si. The quantitative estimate of drug-likeness (QED) is 0.442. The molecule has 2 amide bonds. The number of carbonyl (C=O) groups is 1. The Kier molecular flexibility index (Phi) is 6.73. The van der Waals surface area contributed by atoms with Gasteiger partial charge in [-0.15, -0.1) is 0 Å². The van der Waals surface area contributed by atoms with E-state index in [0.29, 0.717) is 6.54 Å². The minimum Gasteiger partial charge on any atom is -0.400 e. The van der Waals surface area contributed by atoms with Gasteiger partial charge in [-0.2, -0.15) is 0 Å². The van der Waals surface area contributed by atoms with Crippen LogP contribution in [0.2, 0.25) is 6.04 Å². The van der Waals surface area contributed by atoms with Crippen molar-refractivity contribution in [1.82, 2.24) is 5.32 Å². The summed E-state index contributed by atoms with van der Waals surface area (Å²) in [6.07, 6.45) is 0.849. The molecule has 0 aromatic carbocycles. The van der Waals surface area contributed by atoms with Crippen LogP contribution >= 0.6 is 0 Å². The Labute approximate surface area is 74.1 Å². The molecule has 0 aromatic rings. The molecule has 0 saturated heterocycles. The molecule has 0 bridgehead atoms. The lowest BCUT2D eigenvalue weighted by Crippen LogP contribution is -2.31. The molecule has 0 fully saturated rings. The highest BCUT2D eigenvalue weighted by atomic mass is 28.3. The SMILES string of the molecule is CO[SiH](CCCNC(N)=O)OC. The van der Waals surface area contributed by atoms with Crippen LogP contribution in [0.25, 0.3) is 0 Å². The van der Waals surface area contributed by atoms with Crippen LogP contribution in [-0.4, -0.2) is 36.1 Å². The smallest absolute Gasteiger partial charge is 0.320 e. The van der Waals surface area contributed by atoms with Crippen LogP contribution in [0, 0.1) is 0 Å². The molecule has 0 heterocycles. The van der Waals surface area contributed by atoms with Crippen molar-refractivity contribution < 1.29 is 13.6 Å². The van der Waals surface area contributed by atoms with E-state index >= 15 is 0 Å². The van der Waals surface area contributed by atoms with Gasteiger partial charge in [0.05, 0.1) is 0 Å². The van der Waals surface area contributed by atoms with Gasteiger partial charge in [-0.25, -0.2) is 4.79 Å². The molecule has 0 aliphatic rings. The van der Waals surface area contributed by atoms with Crippen molar-refractivity contribution in [1.29, 1.82) is 0 Å². The summed E-state index contributed by atoms with van der Waals surface area (Å²) in [7, 11) is 1.83. The van der Waals surface area contributed by atoms with E-state index in [2.05, 4.69) is 5.32 Å². The van der Waals surface area contributed by atoms with Gasteiger partial charge >= 0.3 is 15.3 Å². The van der Waals surface area contributed by atoms with Gasteiger partial charge in [0.15, 0.2) is 0 Å². The molecule has 72 valence electrons. The summed E-state index contributed by atoms with van der Waals surface area (Å²) in [5, 5.41) is 2.50. The number of hydrogen-bond acceptors (Lipinski definition) is 3. The maximum atomic E-state index is 10.2. The van der Waals surface area contributed by atoms with Crippen LogP contribution < -0.4 is 11.1 Å². The predicted octanol–water partition coefficient (Wildman–Crippen LogP) is -0.442. The molecule has 0 unspecified atom stereocenters. The van der Waals surface area contributed by atoms with Gasteiger partial charge in [-0.1, -0.05) is 0 Å². The Morgan fingerprint density at radius 3 is 2.50 bits per heavy atom. The molecule has 0 aromatic heterocycles. The van der Waals surface area contributed by atoms with Gasteiger partial charge < -0.3 is 19.9 Å². The van der Waals surface area contributed by atoms with E-state index in [1.54, 1.807) is 14.2 Å². The first-order valence-corrected chi connectivity index (χ1v) is 5.55. The van der Waals surface area contributed by atoms with Crippen LogP contribution in [-0.2, 0) is 8.85 Å². The zero-order valence-electron chi connectivity index (χ0n) is 7.50. The normalized spacial score (nSPS) is 10.2. The summed E-state index contributed by atoms with van der Waals surface area (Å²) in [6.45, 7) is 0.589. The Morgan fingerprint density at radius 2 is 2.08 bits per heavy atom. The summed E-state index contributed by atoms with van der Waals surface area (Å²) in [5.74, 6) is 0. The highest BCUT2D eigenvalue weighted by Gasteiger charge is 2.07. The number of hydrogen-bond donors (Lipinski definition) is 2. The number of carbonyl (C=O) groups excluding carboxylic acids is 1. The van der Waals surface area contributed by atoms with Crippen molar-refractivity contribution in [2.75, 3.05) is 20.8 Å². The third-order valence-electron chi connectivity index (χ3n) is 1.44. The highest BCUT2D eigenvalue weighted by molar-refractivity contribution is 6.44. The molecule has 0 aliphatic heterocycles. The first-order chi connectivity index (χ1) is 5.70. The molecule has 0 saturated carbocycles. The van der Waals surface area contributed by atoms with E-state index < -0.39 is 15.3 Å². The monoisotopic (exact) mass is 192 g/mol. The highest BCUT2D eigenvalue weighted by Crippen LogP contribution is 1.97. The number of urea groups is 1. The summed E-state index contributed by atoms with van der Waals surface area (Å²) in [5.41, 5.74) is 4.87. The van der Waals surface area contributed by atoms with E-state index in [1.807, 2.05) is 0 Å². The number of amides is 2. The first kappa shape index (κ1) is 11.4. The summed E-state index contributed by atoms with van der Waals surface area (Å²) in [4.78, 5) is 10.2. The molecule has 5 nitrogen and oxygen atoms in total. The molecule has 0 atom stereocenters. The lowest BCUT2D eigenvalue weighted by Gasteiger charge is -2.09. The Bertz CT molecular complexity index is 130. The molecule has 12 heavy (non-hydrogen) atoms. The Balaban J connectivity index is 3.23. The van der Waals surface area contributed by atoms with E-state index in [4.69, 9.17) is 14.6 Å². The van der Waals surface area contributed by atoms with E-state index in [-0.39, 0.29) is 0 Å². The van der Waals surface area contributed by atoms with Crippen LogP contribution in [0.5, 0.6) is 0 Å².